The van der Waals surface area contributed by atoms with Gasteiger partial charge < -0.3 is 14.8 Å². The van der Waals surface area contributed by atoms with Crippen molar-refractivity contribution >= 4 is 0 Å². The van der Waals surface area contributed by atoms with Crippen LogP contribution in [0.15, 0.2) is 18.2 Å². The number of ether oxygens (including phenoxy) is 2. The molecule has 1 fully saturated rings. The van der Waals surface area contributed by atoms with Gasteiger partial charge in [-0.15, -0.1) is 0 Å². The number of fused-ring (bicyclic) bond motifs is 1. The predicted octanol–water partition coefficient (Wildman–Crippen LogP) is 2.81. The fourth-order valence-electron chi connectivity index (χ4n) is 3.28. The van der Waals surface area contributed by atoms with Crippen LogP contribution in [0.3, 0.4) is 0 Å². The standard InChI is InChI=1S/C18H28N2O2/c1-18(2,3)20-9-7-15(8-10-20)19-13-14-5-4-6-16-17(14)22-12-11-21-16/h4-6,15,19H,7-13H2,1-3H3. The highest BCUT2D eigenvalue weighted by Crippen LogP contribution is 2.33. The molecule has 0 atom stereocenters. The number of likely N-dealkylation sites (tertiary alicyclic amines) is 1. The van der Waals surface area contributed by atoms with Crippen molar-refractivity contribution < 1.29 is 9.47 Å². The number of hydrogen-bond acceptors (Lipinski definition) is 4. The first kappa shape index (κ1) is 15.6. The minimum Gasteiger partial charge on any atom is -0.486 e. The Balaban J connectivity index is 1.54. The van der Waals surface area contributed by atoms with E-state index in [-0.39, 0.29) is 5.54 Å². The van der Waals surface area contributed by atoms with E-state index >= 15 is 0 Å². The van der Waals surface area contributed by atoms with Crippen LogP contribution >= 0.6 is 0 Å². The van der Waals surface area contributed by atoms with Crippen molar-refractivity contribution in [1.29, 1.82) is 0 Å². The van der Waals surface area contributed by atoms with Crippen molar-refractivity contribution in [3.8, 4) is 11.5 Å². The highest BCUT2D eigenvalue weighted by Gasteiger charge is 2.27. The van der Waals surface area contributed by atoms with E-state index in [0.717, 1.165) is 18.0 Å². The molecule has 1 saturated heterocycles. The minimum absolute atomic E-state index is 0.286. The number of nitrogens with one attached hydrogen (secondary N) is 1. The Bertz CT molecular complexity index is 502. The molecule has 0 aromatic heterocycles. The molecular formula is C18H28N2O2. The topological polar surface area (TPSA) is 33.7 Å². The summed E-state index contributed by atoms with van der Waals surface area (Å²) in [5.74, 6) is 1.81. The van der Waals surface area contributed by atoms with Crippen LogP contribution in [0.25, 0.3) is 0 Å². The Labute approximate surface area is 133 Å². The molecule has 0 unspecified atom stereocenters. The van der Waals surface area contributed by atoms with Gasteiger partial charge >= 0.3 is 0 Å². The maximum absolute atomic E-state index is 5.78. The smallest absolute Gasteiger partial charge is 0.165 e. The summed E-state index contributed by atoms with van der Waals surface area (Å²) in [7, 11) is 0. The Morgan fingerprint density at radius 3 is 2.59 bits per heavy atom. The third-order valence-corrected chi connectivity index (χ3v) is 4.67. The third kappa shape index (κ3) is 3.55. The predicted molar refractivity (Wildman–Crippen MR) is 88.6 cm³/mol. The van der Waals surface area contributed by atoms with Crippen LogP contribution in [-0.2, 0) is 6.54 Å². The van der Waals surface area contributed by atoms with E-state index in [1.807, 2.05) is 12.1 Å². The van der Waals surface area contributed by atoms with Gasteiger partial charge in [0.2, 0.25) is 0 Å². The zero-order valence-electron chi connectivity index (χ0n) is 14.0. The van der Waals surface area contributed by atoms with Gasteiger partial charge in [0.05, 0.1) is 0 Å². The van der Waals surface area contributed by atoms with Crippen molar-refractivity contribution in [2.45, 2.75) is 51.7 Å². The molecule has 0 radical (unpaired) electrons. The summed E-state index contributed by atoms with van der Waals surface area (Å²) >= 11 is 0. The molecule has 0 saturated carbocycles. The highest BCUT2D eigenvalue weighted by atomic mass is 16.6. The quantitative estimate of drug-likeness (QED) is 0.931. The number of para-hydroxylation sites is 1. The van der Waals surface area contributed by atoms with Gasteiger partial charge in [0.25, 0.3) is 0 Å². The number of rotatable bonds is 3. The van der Waals surface area contributed by atoms with Crippen molar-refractivity contribution in [3.05, 3.63) is 23.8 Å². The van der Waals surface area contributed by atoms with Gasteiger partial charge in [-0.2, -0.15) is 0 Å². The van der Waals surface area contributed by atoms with Gasteiger partial charge in [-0.05, 0) is 39.7 Å². The molecule has 2 aliphatic rings. The lowest BCUT2D eigenvalue weighted by Crippen LogP contribution is -2.49. The van der Waals surface area contributed by atoms with Gasteiger partial charge in [0.1, 0.15) is 13.2 Å². The SMILES string of the molecule is CC(C)(C)N1CCC(NCc2cccc3c2OCCO3)CC1. The van der Waals surface area contributed by atoms with Crippen LogP contribution in [0.5, 0.6) is 11.5 Å². The maximum Gasteiger partial charge on any atom is 0.165 e. The summed E-state index contributed by atoms with van der Waals surface area (Å²) < 4.78 is 11.4. The molecule has 2 aliphatic heterocycles. The second kappa shape index (κ2) is 6.47. The van der Waals surface area contributed by atoms with Gasteiger partial charge in [-0.1, -0.05) is 12.1 Å². The average molecular weight is 304 g/mol. The first-order valence-corrected chi connectivity index (χ1v) is 8.40. The van der Waals surface area contributed by atoms with E-state index in [1.54, 1.807) is 0 Å². The Hall–Kier alpha value is -1.26. The Morgan fingerprint density at radius 2 is 1.86 bits per heavy atom. The summed E-state index contributed by atoms with van der Waals surface area (Å²) in [4.78, 5) is 2.58. The van der Waals surface area contributed by atoms with Crippen LogP contribution in [-0.4, -0.2) is 42.8 Å². The molecule has 1 aromatic rings. The lowest BCUT2D eigenvalue weighted by atomic mass is 9.98. The van der Waals surface area contributed by atoms with Crippen LogP contribution < -0.4 is 14.8 Å². The second-order valence-electron chi connectivity index (χ2n) is 7.25. The molecule has 3 rings (SSSR count). The zero-order chi connectivity index (χ0) is 15.6. The monoisotopic (exact) mass is 304 g/mol. The van der Waals surface area contributed by atoms with Crippen molar-refractivity contribution in [1.82, 2.24) is 10.2 Å². The van der Waals surface area contributed by atoms with Gasteiger partial charge in [0.15, 0.2) is 11.5 Å². The molecule has 0 bridgehead atoms. The Kier molecular flexibility index (Phi) is 4.59. The van der Waals surface area contributed by atoms with E-state index in [1.165, 1.54) is 31.5 Å². The average Bonchev–Trinajstić information content (AvgIpc) is 2.52. The van der Waals surface area contributed by atoms with E-state index < -0.39 is 0 Å². The number of benzene rings is 1. The van der Waals surface area contributed by atoms with Crippen molar-refractivity contribution in [2.24, 2.45) is 0 Å². The number of nitrogens with zero attached hydrogens (tertiary/aromatic N) is 1. The fourth-order valence-corrected chi connectivity index (χ4v) is 3.28. The molecule has 2 heterocycles. The second-order valence-corrected chi connectivity index (χ2v) is 7.25. The minimum atomic E-state index is 0.286. The van der Waals surface area contributed by atoms with Gasteiger partial charge in [-0.25, -0.2) is 0 Å². The first-order valence-electron chi connectivity index (χ1n) is 8.40. The zero-order valence-corrected chi connectivity index (χ0v) is 14.0. The van der Waals surface area contributed by atoms with Crippen LogP contribution in [0.4, 0.5) is 0 Å². The summed E-state index contributed by atoms with van der Waals surface area (Å²) in [6.07, 6.45) is 2.42. The van der Waals surface area contributed by atoms with Crippen LogP contribution in [0.1, 0.15) is 39.2 Å². The largest absolute Gasteiger partial charge is 0.486 e. The fraction of sp³-hybridized carbons (Fsp3) is 0.667. The lowest BCUT2D eigenvalue weighted by Gasteiger charge is -2.41. The molecular weight excluding hydrogens is 276 g/mol. The maximum atomic E-state index is 5.78. The molecule has 22 heavy (non-hydrogen) atoms. The molecule has 0 aliphatic carbocycles. The molecule has 122 valence electrons. The summed E-state index contributed by atoms with van der Waals surface area (Å²) in [5, 5.41) is 3.70. The van der Waals surface area contributed by atoms with Crippen LogP contribution in [0, 0.1) is 0 Å². The molecule has 4 heteroatoms. The van der Waals surface area contributed by atoms with E-state index in [9.17, 15) is 0 Å². The molecule has 1 N–H and O–H groups in total. The summed E-state index contributed by atoms with van der Waals surface area (Å²) in [6, 6.07) is 6.76. The normalized spacial score (nSPS) is 20.1. The molecule has 4 nitrogen and oxygen atoms in total. The van der Waals surface area contributed by atoms with E-state index in [4.69, 9.17) is 9.47 Å². The van der Waals surface area contributed by atoms with Crippen molar-refractivity contribution in [3.63, 3.8) is 0 Å². The number of piperidine rings is 1. The van der Waals surface area contributed by atoms with Crippen LogP contribution in [0.2, 0.25) is 0 Å². The highest BCUT2D eigenvalue weighted by molar-refractivity contribution is 5.47. The molecule has 1 aromatic carbocycles. The van der Waals surface area contributed by atoms with Gasteiger partial charge in [-0.3, -0.25) is 4.90 Å². The Morgan fingerprint density at radius 1 is 1.14 bits per heavy atom. The van der Waals surface area contributed by atoms with E-state index in [0.29, 0.717) is 19.3 Å². The number of hydrogen-bond donors (Lipinski definition) is 1. The summed E-state index contributed by atoms with van der Waals surface area (Å²) in [6.45, 7) is 11.4. The summed E-state index contributed by atoms with van der Waals surface area (Å²) in [5.41, 5.74) is 1.49. The van der Waals surface area contributed by atoms with Crippen molar-refractivity contribution in [2.75, 3.05) is 26.3 Å². The molecule has 0 spiro atoms. The van der Waals surface area contributed by atoms with Gasteiger partial charge in [0, 0.05) is 36.8 Å². The first-order chi connectivity index (χ1) is 10.5. The lowest BCUT2D eigenvalue weighted by molar-refractivity contribution is 0.0958. The molecule has 0 amide bonds. The third-order valence-electron chi connectivity index (χ3n) is 4.67. The van der Waals surface area contributed by atoms with E-state index in [2.05, 4.69) is 37.1 Å².